The van der Waals surface area contributed by atoms with E-state index in [0.717, 1.165) is 23.8 Å². The largest absolute Gasteiger partial charge is 0.370 e. The number of hydrogen-bond acceptors (Lipinski definition) is 4. The lowest BCUT2D eigenvalue weighted by Gasteiger charge is -2.06. The van der Waals surface area contributed by atoms with Crippen LogP contribution in [0.4, 0.5) is 5.82 Å². The Kier molecular flexibility index (Phi) is 4.50. The summed E-state index contributed by atoms with van der Waals surface area (Å²) in [5.41, 5.74) is 6.72. The van der Waals surface area contributed by atoms with Crippen molar-refractivity contribution in [2.24, 2.45) is 5.73 Å². The molecule has 1 heterocycles. The van der Waals surface area contributed by atoms with Gasteiger partial charge in [-0.2, -0.15) is 0 Å². The fourth-order valence-electron chi connectivity index (χ4n) is 1.58. The molecule has 5 heteroatoms. The average molecular weight is 263 g/mol. The van der Waals surface area contributed by atoms with Crippen molar-refractivity contribution in [3.8, 4) is 0 Å². The molecule has 0 aliphatic carbocycles. The summed E-state index contributed by atoms with van der Waals surface area (Å²) in [5, 5.41) is 4.00. The van der Waals surface area contributed by atoms with E-state index in [1.165, 1.54) is 5.56 Å². The van der Waals surface area contributed by atoms with Gasteiger partial charge in [0.1, 0.15) is 11.6 Å². The second-order valence-corrected chi connectivity index (χ2v) is 4.30. The summed E-state index contributed by atoms with van der Waals surface area (Å²) in [5.74, 6) is 1.45. The Labute approximate surface area is 111 Å². The highest BCUT2D eigenvalue weighted by Gasteiger charge is 1.97. The van der Waals surface area contributed by atoms with E-state index in [4.69, 9.17) is 17.3 Å². The van der Waals surface area contributed by atoms with Gasteiger partial charge in [0.2, 0.25) is 0 Å². The van der Waals surface area contributed by atoms with E-state index in [1.807, 2.05) is 30.3 Å². The first-order valence-corrected chi connectivity index (χ1v) is 6.16. The minimum absolute atomic E-state index is 0.354. The lowest BCUT2D eigenvalue weighted by Crippen LogP contribution is -2.09. The maximum atomic E-state index is 5.83. The van der Waals surface area contributed by atoms with E-state index in [1.54, 1.807) is 6.20 Å². The van der Waals surface area contributed by atoms with Crippen LogP contribution in [-0.4, -0.2) is 16.5 Å². The molecule has 1 aromatic heterocycles. The number of hydrogen-bond donors (Lipinski definition) is 2. The van der Waals surface area contributed by atoms with Gasteiger partial charge in [-0.25, -0.2) is 9.97 Å². The first kappa shape index (κ1) is 12.8. The predicted molar refractivity (Wildman–Crippen MR) is 73.6 cm³/mol. The van der Waals surface area contributed by atoms with E-state index >= 15 is 0 Å². The molecule has 18 heavy (non-hydrogen) atoms. The fraction of sp³-hybridized carbons (Fsp3) is 0.231. The first-order valence-electron chi connectivity index (χ1n) is 5.78. The van der Waals surface area contributed by atoms with Gasteiger partial charge in [0, 0.05) is 17.8 Å². The summed E-state index contributed by atoms with van der Waals surface area (Å²) in [7, 11) is 0. The number of benzene rings is 1. The number of nitrogens with one attached hydrogen (secondary N) is 1. The van der Waals surface area contributed by atoms with Gasteiger partial charge in [0.15, 0.2) is 0 Å². The topological polar surface area (TPSA) is 63.8 Å². The molecule has 0 unspecified atom stereocenters. The van der Waals surface area contributed by atoms with Crippen molar-refractivity contribution in [3.63, 3.8) is 0 Å². The van der Waals surface area contributed by atoms with Crippen LogP contribution in [0.2, 0.25) is 5.02 Å². The van der Waals surface area contributed by atoms with Crippen molar-refractivity contribution in [3.05, 3.63) is 52.9 Å². The molecule has 3 N–H and O–H groups in total. The number of nitrogens with two attached hydrogens (primary N) is 1. The third-order valence-electron chi connectivity index (χ3n) is 2.52. The molecule has 2 rings (SSSR count). The van der Waals surface area contributed by atoms with E-state index < -0.39 is 0 Å². The number of halogens is 1. The molecule has 94 valence electrons. The molecule has 0 bridgehead atoms. The van der Waals surface area contributed by atoms with E-state index in [9.17, 15) is 0 Å². The van der Waals surface area contributed by atoms with Crippen LogP contribution in [0, 0.1) is 0 Å². The van der Waals surface area contributed by atoms with Gasteiger partial charge >= 0.3 is 0 Å². The molecule has 0 aliphatic heterocycles. The van der Waals surface area contributed by atoms with Crippen LogP contribution >= 0.6 is 11.6 Å². The minimum atomic E-state index is 0.354. The van der Waals surface area contributed by atoms with Crippen LogP contribution in [0.25, 0.3) is 0 Å². The van der Waals surface area contributed by atoms with Crippen LogP contribution in [0.3, 0.4) is 0 Å². The zero-order valence-corrected chi connectivity index (χ0v) is 10.7. The van der Waals surface area contributed by atoms with Gasteiger partial charge < -0.3 is 11.1 Å². The Hall–Kier alpha value is -1.65. The van der Waals surface area contributed by atoms with Crippen molar-refractivity contribution in [2.45, 2.75) is 13.0 Å². The lowest BCUT2D eigenvalue weighted by atomic mass is 10.1. The molecule has 4 nitrogen and oxygen atoms in total. The molecular formula is C13H15ClN4. The standard InChI is InChI=1S/C13H15ClN4/c14-11-3-1-10(2-4-11)5-7-16-12-6-8-17-13(9-15)18-12/h1-4,6,8H,5,7,9,15H2,(H,16,17,18). The number of aromatic nitrogens is 2. The van der Waals surface area contributed by atoms with Crippen LogP contribution < -0.4 is 11.1 Å². The Morgan fingerprint density at radius 3 is 2.67 bits per heavy atom. The summed E-state index contributed by atoms with van der Waals surface area (Å²) in [6.45, 7) is 1.16. The molecule has 0 saturated heterocycles. The summed E-state index contributed by atoms with van der Waals surface area (Å²) in [6, 6.07) is 9.67. The van der Waals surface area contributed by atoms with Crippen molar-refractivity contribution in [1.82, 2.24) is 9.97 Å². The maximum Gasteiger partial charge on any atom is 0.144 e. The Morgan fingerprint density at radius 1 is 1.17 bits per heavy atom. The number of rotatable bonds is 5. The van der Waals surface area contributed by atoms with Crippen LogP contribution in [0.1, 0.15) is 11.4 Å². The molecule has 1 aromatic carbocycles. The van der Waals surface area contributed by atoms with Crippen molar-refractivity contribution in [1.29, 1.82) is 0 Å². The van der Waals surface area contributed by atoms with E-state index in [-0.39, 0.29) is 0 Å². The number of nitrogens with zero attached hydrogens (tertiary/aromatic N) is 2. The maximum absolute atomic E-state index is 5.83. The van der Waals surface area contributed by atoms with Gasteiger partial charge in [-0.15, -0.1) is 0 Å². The molecule has 0 amide bonds. The number of anilines is 1. The van der Waals surface area contributed by atoms with E-state index in [2.05, 4.69) is 15.3 Å². The van der Waals surface area contributed by atoms with Crippen LogP contribution in [-0.2, 0) is 13.0 Å². The van der Waals surface area contributed by atoms with Crippen molar-refractivity contribution in [2.75, 3.05) is 11.9 Å². The predicted octanol–water partition coefficient (Wildman–Crippen LogP) is 2.24. The highest BCUT2D eigenvalue weighted by atomic mass is 35.5. The molecule has 0 spiro atoms. The van der Waals surface area contributed by atoms with E-state index in [0.29, 0.717) is 12.4 Å². The van der Waals surface area contributed by atoms with Gasteiger partial charge in [-0.05, 0) is 30.2 Å². The van der Waals surface area contributed by atoms with Crippen molar-refractivity contribution >= 4 is 17.4 Å². The Bertz CT molecular complexity index is 499. The molecule has 2 aromatic rings. The van der Waals surface area contributed by atoms with Gasteiger partial charge in [-0.3, -0.25) is 0 Å². The van der Waals surface area contributed by atoms with Gasteiger partial charge in [-0.1, -0.05) is 23.7 Å². The summed E-state index contributed by atoms with van der Waals surface area (Å²) in [4.78, 5) is 8.31. The fourth-order valence-corrected chi connectivity index (χ4v) is 1.71. The zero-order chi connectivity index (χ0) is 12.8. The quantitative estimate of drug-likeness (QED) is 0.867. The summed E-state index contributed by atoms with van der Waals surface area (Å²) in [6.07, 6.45) is 2.62. The normalized spacial score (nSPS) is 10.3. The second kappa shape index (κ2) is 6.33. The molecular weight excluding hydrogens is 248 g/mol. The highest BCUT2D eigenvalue weighted by molar-refractivity contribution is 6.30. The van der Waals surface area contributed by atoms with Crippen molar-refractivity contribution < 1.29 is 0 Å². The third kappa shape index (κ3) is 3.68. The van der Waals surface area contributed by atoms with Crippen LogP contribution in [0.5, 0.6) is 0 Å². The molecule has 0 fully saturated rings. The lowest BCUT2D eigenvalue weighted by molar-refractivity contribution is 0.900. The first-order chi connectivity index (χ1) is 8.78. The average Bonchev–Trinajstić information content (AvgIpc) is 2.41. The van der Waals surface area contributed by atoms with Gasteiger partial charge in [0.05, 0.1) is 6.54 Å². The van der Waals surface area contributed by atoms with Gasteiger partial charge in [0.25, 0.3) is 0 Å². The second-order valence-electron chi connectivity index (χ2n) is 3.87. The molecule has 0 radical (unpaired) electrons. The molecule has 0 saturated carbocycles. The SMILES string of the molecule is NCc1nccc(NCCc2ccc(Cl)cc2)n1. The Morgan fingerprint density at radius 2 is 1.94 bits per heavy atom. The summed E-state index contributed by atoms with van der Waals surface area (Å²) < 4.78 is 0. The molecule has 0 aliphatic rings. The zero-order valence-electron chi connectivity index (χ0n) is 9.94. The Balaban J connectivity index is 1.86. The smallest absolute Gasteiger partial charge is 0.144 e. The molecule has 0 atom stereocenters. The minimum Gasteiger partial charge on any atom is -0.370 e. The monoisotopic (exact) mass is 262 g/mol. The summed E-state index contributed by atoms with van der Waals surface area (Å²) >= 11 is 5.83. The third-order valence-corrected chi connectivity index (χ3v) is 2.77. The highest BCUT2D eigenvalue weighted by Crippen LogP contribution is 2.10. The van der Waals surface area contributed by atoms with Crippen LogP contribution in [0.15, 0.2) is 36.5 Å².